The van der Waals surface area contributed by atoms with E-state index in [9.17, 15) is 4.39 Å². The van der Waals surface area contributed by atoms with Crippen LogP contribution in [0.1, 0.15) is 13.8 Å². The van der Waals surface area contributed by atoms with Crippen LogP contribution in [-0.2, 0) is 0 Å². The van der Waals surface area contributed by atoms with Gasteiger partial charge in [-0.3, -0.25) is 0 Å². The monoisotopic (exact) mass is 222 g/mol. The molecule has 0 amide bonds. The summed E-state index contributed by atoms with van der Waals surface area (Å²) in [7, 11) is 0. The molecular formula is C9H9Cl2FO. The molecule has 0 atom stereocenters. The summed E-state index contributed by atoms with van der Waals surface area (Å²) in [6, 6.07) is 2.34. The highest BCUT2D eigenvalue weighted by Gasteiger charge is 2.10. The highest BCUT2D eigenvalue weighted by Crippen LogP contribution is 2.34. The molecule has 1 aromatic rings. The van der Waals surface area contributed by atoms with E-state index in [1.54, 1.807) is 0 Å². The van der Waals surface area contributed by atoms with Gasteiger partial charge in [0.2, 0.25) is 0 Å². The van der Waals surface area contributed by atoms with Gasteiger partial charge in [0.1, 0.15) is 5.82 Å². The molecule has 0 heterocycles. The molecule has 0 bridgehead atoms. The lowest BCUT2D eigenvalue weighted by atomic mass is 10.3. The van der Waals surface area contributed by atoms with Gasteiger partial charge in [0, 0.05) is 0 Å². The smallest absolute Gasteiger partial charge is 0.157 e. The highest BCUT2D eigenvalue weighted by atomic mass is 35.5. The first-order valence-corrected chi connectivity index (χ1v) is 4.57. The summed E-state index contributed by atoms with van der Waals surface area (Å²) in [5, 5.41) is 0.386. The zero-order valence-corrected chi connectivity index (χ0v) is 8.79. The van der Waals surface area contributed by atoms with Gasteiger partial charge in [-0.1, -0.05) is 23.2 Å². The Morgan fingerprint density at radius 2 is 1.69 bits per heavy atom. The number of hydrogen-bond acceptors (Lipinski definition) is 1. The fourth-order valence-electron chi connectivity index (χ4n) is 0.877. The molecule has 0 aliphatic heterocycles. The van der Waals surface area contributed by atoms with Crippen LogP contribution >= 0.6 is 23.2 Å². The van der Waals surface area contributed by atoms with Gasteiger partial charge < -0.3 is 4.74 Å². The van der Waals surface area contributed by atoms with Gasteiger partial charge in [0.25, 0.3) is 0 Å². The minimum Gasteiger partial charge on any atom is -0.488 e. The minimum absolute atomic E-state index is 0.0412. The van der Waals surface area contributed by atoms with Crippen molar-refractivity contribution in [3.63, 3.8) is 0 Å². The molecule has 0 spiro atoms. The summed E-state index contributed by atoms with van der Waals surface area (Å²) in [6.07, 6.45) is -0.0412. The Bertz CT molecular complexity index is 289. The zero-order chi connectivity index (χ0) is 10.0. The quantitative estimate of drug-likeness (QED) is 0.738. The minimum atomic E-state index is -0.467. The van der Waals surface area contributed by atoms with E-state index in [0.29, 0.717) is 5.75 Å². The Balaban J connectivity index is 3.06. The normalized spacial score (nSPS) is 10.6. The summed E-state index contributed by atoms with van der Waals surface area (Å²) in [4.78, 5) is 0. The summed E-state index contributed by atoms with van der Waals surface area (Å²) in [6.45, 7) is 3.69. The van der Waals surface area contributed by atoms with Crippen LogP contribution < -0.4 is 4.74 Å². The van der Waals surface area contributed by atoms with E-state index in [1.807, 2.05) is 13.8 Å². The van der Waals surface area contributed by atoms with Crippen LogP contribution in [0, 0.1) is 5.82 Å². The predicted molar refractivity (Wildman–Crippen MR) is 52.2 cm³/mol. The Morgan fingerprint density at radius 1 is 1.23 bits per heavy atom. The number of halogens is 3. The average Bonchev–Trinajstić information content (AvgIpc) is 1.96. The predicted octanol–water partition coefficient (Wildman–Crippen LogP) is 3.92. The van der Waals surface area contributed by atoms with Crippen LogP contribution in [0.3, 0.4) is 0 Å². The SMILES string of the molecule is CC(C)Oc1c(Cl)cc(F)cc1Cl. The molecule has 1 nitrogen and oxygen atoms in total. The molecule has 0 fully saturated rings. The first-order chi connectivity index (χ1) is 6.00. The van der Waals surface area contributed by atoms with Gasteiger partial charge in [-0.2, -0.15) is 0 Å². The van der Waals surface area contributed by atoms with Crippen molar-refractivity contribution in [2.75, 3.05) is 0 Å². The topological polar surface area (TPSA) is 9.23 Å². The van der Waals surface area contributed by atoms with Gasteiger partial charge >= 0.3 is 0 Å². The van der Waals surface area contributed by atoms with Crippen molar-refractivity contribution < 1.29 is 9.13 Å². The van der Waals surface area contributed by atoms with E-state index in [1.165, 1.54) is 12.1 Å². The average molecular weight is 223 g/mol. The Morgan fingerprint density at radius 3 is 2.08 bits per heavy atom. The molecule has 1 aromatic carbocycles. The standard InChI is InChI=1S/C9H9Cl2FO/c1-5(2)13-9-7(10)3-6(12)4-8(9)11/h3-5H,1-2H3. The second kappa shape index (κ2) is 4.16. The zero-order valence-electron chi connectivity index (χ0n) is 7.27. The summed E-state index contributed by atoms with van der Waals surface area (Å²) in [5.74, 6) is -0.133. The maximum Gasteiger partial charge on any atom is 0.157 e. The molecule has 1 rings (SSSR count). The van der Waals surface area contributed by atoms with E-state index >= 15 is 0 Å². The molecular weight excluding hydrogens is 214 g/mol. The number of hydrogen-bond donors (Lipinski definition) is 0. The third-order valence-corrected chi connectivity index (χ3v) is 1.88. The number of benzene rings is 1. The fraction of sp³-hybridized carbons (Fsp3) is 0.333. The van der Waals surface area contributed by atoms with Gasteiger partial charge in [-0.15, -0.1) is 0 Å². The lowest BCUT2D eigenvalue weighted by Gasteiger charge is -2.12. The second-order valence-electron chi connectivity index (χ2n) is 2.87. The van der Waals surface area contributed by atoms with Crippen LogP contribution in [0.4, 0.5) is 4.39 Å². The Kier molecular flexibility index (Phi) is 3.40. The molecule has 0 unspecified atom stereocenters. The first-order valence-electron chi connectivity index (χ1n) is 3.82. The van der Waals surface area contributed by atoms with Crippen molar-refractivity contribution in [2.24, 2.45) is 0 Å². The van der Waals surface area contributed by atoms with E-state index in [0.717, 1.165) is 0 Å². The van der Waals surface area contributed by atoms with E-state index in [-0.39, 0.29) is 16.1 Å². The molecule has 0 radical (unpaired) electrons. The van der Waals surface area contributed by atoms with Gasteiger partial charge in [-0.05, 0) is 26.0 Å². The van der Waals surface area contributed by atoms with Crippen LogP contribution in [-0.4, -0.2) is 6.10 Å². The first kappa shape index (κ1) is 10.6. The maximum absolute atomic E-state index is 12.7. The van der Waals surface area contributed by atoms with E-state index in [2.05, 4.69) is 0 Å². The van der Waals surface area contributed by atoms with Crippen molar-refractivity contribution >= 4 is 23.2 Å². The lowest BCUT2D eigenvalue weighted by molar-refractivity contribution is 0.242. The Hall–Kier alpha value is -0.470. The van der Waals surface area contributed by atoms with Crippen molar-refractivity contribution in [3.8, 4) is 5.75 Å². The molecule has 0 saturated heterocycles. The van der Waals surface area contributed by atoms with Gasteiger partial charge in [-0.25, -0.2) is 4.39 Å². The molecule has 4 heteroatoms. The molecule has 13 heavy (non-hydrogen) atoms. The van der Waals surface area contributed by atoms with Crippen LogP contribution in [0.2, 0.25) is 10.0 Å². The van der Waals surface area contributed by atoms with Crippen LogP contribution in [0.15, 0.2) is 12.1 Å². The fourth-order valence-corrected chi connectivity index (χ4v) is 1.43. The maximum atomic E-state index is 12.7. The van der Waals surface area contributed by atoms with Crippen molar-refractivity contribution in [2.45, 2.75) is 20.0 Å². The van der Waals surface area contributed by atoms with Gasteiger partial charge in [0.15, 0.2) is 5.75 Å². The molecule has 72 valence electrons. The molecule has 0 saturated carbocycles. The summed E-state index contributed by atoms with van der Waals surface area (Å²) >= 11 is 11.5. The van der Waals surface area contributed by atoms with Crippen LogP contribution in [0.25, 0.3) is 0 Å². The van der Waals surface area contributed by atoms with Crippen molar-refractivity contribution in [1.29, 1.82) is 0 Å². The van der Waals surface area contributed by atoms with Crippen LogP contribution in [0.5, 0.6) is 5.75 Å². The van der Waals surface area contributed by atoms with E-state index in [4.69, 9.17) is 27.9 Å². The largest absolute Gasteiger partial charge is 0.488 e. The van der Waals surface area contributed by atoms with Crippen molar-refractivity contribution in [3.05, 3.63) is 28.0 Å². The molecule has 0 aromatic heterocycles. The van der Waals surface area contributed by atoms with Gasteiger partial charge in [0.05, 0.1) is 16.1 Å². The second-order valence-corrected chi connectivity index (χ2v) is 3.68. The molecule has 0 aliphatic rings. The Labute approximate surface area is 86.4 Å². The lowest BCUT2D eigenvalue weighted by Crippen LogP contribution is -2.06. The summed E-state index contributed by atoms with van der Waals surface area (Å²) in [5.41, 5.74) is 0. The van der Waals surface area contributed by atoms with E-state index < -0.39 is 5.82 Å². The molecule has 0 N–H and O–H groups in total. The third-order valence-electron chi connectivity index (χ3n) is 1.32. The molecule has 0 aliphatic carbocycles. The van der Waals surface area contributed by atoms with Crippen molar-refractivity contribution in [1.82, 2.24) is 0 Å². The number of rotatable bonds is 2. The highest BCUT2D eigenvalue weighted by molar-refractivity contribution is 6.37. The third kappa shape index (κ3) is 2.75. The summed E-state index contributed by atoms with van der Waals surface area (Å²) < 4.78 is 18.0. The number of ether oxygens (including phenoxy) is 1.